The van der Waals surface area contributed by atoms with Crippen LogP contribution in [-0.4, -0.2) is 18.9 Å². The molecule has 8 nitrogen and oxygen atoms in total. The highest BCUT2D eigenvalue weighted by molar-refractivity contribution is 5.51. The van der Waals surface area contributed by atoms with Crippen LogP contribution in [0.15, 0.2) is 21.9 Å². The van der Waals surface area contributed by atoms with Crippen molar-refractivity contribution in [1.82, 2.24) is 18.9 Å². The normalized spacial score (nSPS) is 14.7. The molecule has 0 spiro atoms. The van der Waals surface area contributed by atoms with E-state index in [1.54, 1.807) is 0 Å². The van der Waals surface area contributed by atoms with Crippen molar-refractivity contribution < 1.29 is 0 Å². The molecule has 24 heavy (non-hydrogen) atoms. The largest absolute Gasteiger partial charge is 0.364 e. The van der Waals surface area contributed by atoms with E-state index in [9.17, 15) is 14.9 Å². The molecule has 0 saturated heterocycles. The third-order valence-corrected chi connectivity index (χ3v) is 4.58. The van der Waals surface area contributed by atoms with Crippen molar-refractivity contribution in [1.29, 1.82) is 5.26 Å². The number of nitriles is 1. The monoisotopic (exact) mass is 328 g/mol. The van der Waals surface area contributed by atoms with Gasteiger partial charge in [-0.15, -0.1) is 0 Å². The first-order valence-corrected chi connectivity index (χ1v) is 8.01. The summed E-state index contributed by atoms with van der Waals surface area (Å²) in [7, 11) is 2.89. The molecule has 0 atom stereocenters. The van der Waals surface area contributed by atoms with Crippen LogP contribution >= 0.6 is 0 Å². The Morgan fingerprint density at radius 3 is 2.67 bits per heavy atom. The molecule has 1 aliphatic rings. The Kier molecular flexibility index (Phi) is 4.25. The lowest BCUT2D eigenvalue weighted by Crippen LogP contribution is -2.39. The molecule has 2 heterocycles. The van der Waals surface area contributed by atoms with Crippen LogP contribution in [0.3, 0.4) is 0 Å². The van der Waals surface area contributed by atoms with E-state index in [4.69, 9.17) is 0 Å². The maximum Gasteiger partial charge on any atom is 0.332 e. The SMILES string of the molecule is Cn1c(NCc2ccn(C3CCCC3)n2)c(C#N)c(=O)n(C)c1=O. The average Bonchev–Trinajstić information content (AvgIpc) is 3.25. The van der Waals surface area contributed by atoms with Crippen LogP contribution in [-0.2, 0) is 20.6 Å². The van der Waals surface area contributed by atoms with Crippen LogP contribution in [0.4, 0.5) is 5.82 Å². The minimum Gasteiger partial charge on any atom is -0.364 e. The summed E-state index contributed by atoms with van der Waals surface area (Å²) in [5.41, 5.74) is -0.341. The predicted molar refractivity (Wildman–Crippen MR) is 88.7 cm³/mol. The van der Waals surface area contributed by atoms with Crippen molar-refractivity contribution >= 4 is 5.82 Å². The molecule has 0 bridgehead atoms. The number of rotatable bonds is 4. The van der Waals surface area contributed by atoms with E-state index >= 15 is 0 Å². The van der Waals surface area contributed by atoms with Gasteiger partial charge in [-0.05, 0) is 18.9 Å². The first-order chi connectivity index (χ1) is 11.5. The zero-order valence-corrected chi connectivity index (χ0v) is 13.8. The Balaban J connectivity index is 1.84. The van der Waals surface area contributed by atoms with Crippen molar-refractivity contribution in [3.05, 3.63) is 44.4 Å². The number of anilines is 1. The second-order valence-electron chi connectivity index (χ2n) is 6.12. The van der Waals surface area contributed by atoms with E-state index in [-0.39, 0.29) is 11.4 Å². The summed E-state index contributed by atoms with van der Waals surface area (Å²) in [5.74, 6) is 0.223. The van der Waals surface area contributed by atoms with Gasteiger partial charge in [0.25, 0.3) is 5.56 Å². The van der Waals surface area contributed by atoms with Crippen molar-refractivity contribution in [3.63, 3.8) is 0 Å². The van der Waals surface area contributed by atoms with Gasteiger partial charge in [0.15, 0.2) is 5.56 Å². The van der Waals surface area contributed by atoms with Gasteiger partial charge in [0.2, 0.25) is 0 Å². The van der Waals surface area contributed by atoms with E-state index in [1.165, 1.54) is 31.5 Å². The van der Waals surface area contributed by atoms with Crippen molar-refractivity contribution in [2.24, 2.45) is 14.1 Å². The molecule has 1 aliphatic carbocycles. The highest BCUT2D eigenvalue weighted by Crippen LogP contribution is 2.28. The van der Waals surface area contributed by atoms with Gasteiger partial charge in [-0.25, -0.2) is 4.79 Å². The van der Waals surface area contributed by atoms with Crippen LogP contribution in [0.25, 0.3) is 0 Å². The second-order valence-corrected chi connectivity index (χ2v) is 6.12. The standard InChI is InChI=1S/C16H20N6O2/c1-20-14(13(9-17)15(23)21(2)16(20)24)18-10-11-7-8-22(19-11)12-5-3-4-6-12/h7-8,12,18H,3-6,10H2,1-2H3. The quantitative estimate of drug-likeness (QED) is 0.898. The molecule has 0 aliphatic heterocycles. The molecular weight excluding hydrogens is 308 g/mol. The molecule has 1 N–H and O–H groups in total. The lowest BCUT2D eigenvalue weighted by Gasteiger charge is -2.13. The van der Waals surface area contributed by atoms with E-state index < -0.39 is 11.2 Å². The Labute approximate surface area is 138 Å². The van der Waals surface area contributed by atoms with Crippen molar-refractivity contribution in [2.45, 2.75) is 38.3 Å². The van der Waals surface area contributed by atoms with Crippen LogP contribution in [0.2, 0.25) is 0 Å². The summed E-state index contributed by atoms with van der Waals surface area (Å²) in [6, 6.07) is 4.25. The van der Waals surface area contributed by atoms with Crippen LogP contribution in [0, 0.1) is 11.3 Å². The fourth-order valence-corrected chi connectivity index (χ4v) is 3.17. The lowest BCUT2D eigenvalue weighted by molar-refractivity contribution is 0.463. The van der Waals surface area contributed by atoms with Gasteiger partial charge < -0.3 is 5.32 Å². The number of hydrogen-bond acceptors (Lipinski definition) is 5. The van der Waals surface area contributed by atoms with Gasteiger partial charge >= 0.3 is 5.69 Å². The highest BCUT2D eigenvalue weighted by Gasteiger charge is 2.18. The van der Waals surface area contributed by atoms with Gasteiger partial charge in [-0.3, -0.25) is 18.6 Å². The lowest BCUT2D eigenvalue weighted by atomic mass is 10.3. The number of nitrogens with zero attached hydrogens (tertiary/aromatic N) is 5. The van der Waals surface area contributed by atoms with Crippen LogP contribution in [0.1, 0.15) is 43.0 Å². The topological polar surface area (TPSA) is 97.6 Å². The Morgan fingerprint density at radius 2 is 2.00 bits per heavy atom. The number of nitrogens with one attached hydrogen (secondary N) is 1. The Bertz CT molecular complexity index is 908. The van der Waals surface area contributed by atoms with Crippen molar-refractivity contribution in [3.8, 4) is 6.07 Å². The van der Waals surface area contributed by atoms with E-state index in [1.807, 2.05) is 23.0 Å². The fourth-order valence-electron chi connectivity index (χ4n) is 3.17. The first-order valence-electron chi connectivity index (χ1n) is 8.01. The minimum atomic E-state index is -0.598. The summed E-state index contributed by atoms with van der Waals surface area (Å²) in [5, 5.41) is 16.8. The number of aromatic nitrogens is 4. The molecule has 0 aromatic carbocycles. The minimum absolute atomic E-state index is 0.0742. The predicted octanol–water partition coefficient (Wildman–Crippen LogP) is 0.879. The molecule has 8 heteroatoms. The molecule has 0 unspecified atom stereocenters. The maximum atomic E-state index is 12.1. The third-order valence-electron chi connectivity index (χ3n) is 4.58. The van der Waals surface area contributed by atoms with Gasteiger partial charge in [0.05, 0.1) is 18.3 Å². The third kappa shape index (κ3) is 2.73. The summed E-state index contributed by atoms with van der Waals surface area (Å²) >= 11 is 0. The molecule has 1 fully saturated rings. The molecule has 0 amide bonds. The molecule has 2 aromatic heterocycles. The number of hydrogen-bond donors (Lipinski definition) is 1. The zero-order chi connectivity index (χ0) is 17.3. The molecule has 1 saturated carbocycles. The Hall–Kier alpha value is -2.82. The van der Waals surface area contributed by atoms with E-state index in [0.29, 0.717) is 12.6 Å². The summed E-state index contributed by atoms with van der Waals surface area (Å²) < 4.78 is 4.19. The molecular formula is C16H20N6O2. The van der Waals surface area contributed by atoms with Gasteiger partial charge in [0.1, 0.15) is 11.9 Å². The maximum absolute atomic E-state index is 12.1. The average molecular weight is 328 g/mol. The van der Waals surface area contributed by atoms with Crippen LogP contribution in [0.5, 0.6) is 0 Å². The van der Waals surface area contributed by atoms with Gasteiger partial charge in [0, 0.05) is 20.3 Å². The highest BCUT2D eigenvalue weighted by atomic mass is 16.2. The second kappa shape index (κ2) is 6.35. The fraction of sp³-hybridized carbons (Fsp3) is 0.500. The molecule has 0 radical (unpaired) electrons. The van der Waals surface area contributed by atoms with E-state index in [0.717, 1.165) is 23.1 Å². The molecule has 126 valence electrons. The van der Waals surface area contributed by atoms with E-state index in [2.05, 4.69) is 10.4 Å². The Morgan fingerprint density at radius 1 is 1.29 bits per heavy atom. The molecule has 2 aromatic rings. The van der Waals surface area contributed by atoms with Gasteiger partial charge in [-0.2, -0.15) is 10.4 Å². The summed E-state index contributed by atoms with van der Waals surface area (Å²) in [4.78, 5) is 24.1. The smallest absolute Gasteiger partial charge is 0.332 e. The van der Waals surface area contributed by atoms with Gasteiger partial charge in [-0.1, -0.05) is 12.8 Å². The first kappa shape index (κ1) is 16.1. The van der Waals surface area contributed by atoms with Crippen molar-refractivity contribution in [2.75, 3.05) is 5.32 Å². The zero-order valence-electron chi connectivity index (χ0n) is 13.8. The summed E-state index contributed by atoms with van der Waals surface area (Å²) in [6.45, 7) is 0.342. The molecule has 3 rings (SSSR count). The summed E-state index contributed by atoms with van der Waals surface area (Å²) in [6.07, 6.45) is 6.73. The van der Waals surface area contributed by atoms with Crippen LogP contribution < -0.4 is 16.6 Å².